The van der Waals surface area contributed by atoms with Gasteiger partial charge in [-0.2, -0.15) is 0 Å². The molecule has 3 heteroatoms. The number of rotatable bonds is 3. The van der Waals surface area contributed by atoms with E-state index in [1.165, 1.54) is 6.07 Å². The molecule has 0 aliphatic carbocycles. The Kier molecular flexibility index (Phi) is 3.53. The highest BCUT2D eigenvalue weighted by atomic mass is 35.5. The lowest BCUT2D eigenvalue weighted by Gasteiger charge is -1.97. The second-order valence-electron chi connectivity index (χ2n) is 2.49. The van der Waals surface area contributed by atoms with Crippen molar-refractivity contribution in [2.45, 2.75) is 0 Å². The van der Waals surface area contributed by atoms with E-state index >= 15 is 0 Å². The first kappa shape index (κ1) is 9.81. The SMILES string of the molecule is O=Cc1cc(C=CCCl)ccc1O. The van der Waals surface area contributed by atoms with Crippen LogP contribution in [-0.4, -0.2) is 17.3 Å². The van der Waals surface area contributed by atoms with Crippen molar-refractivity contribution in [3.05, 3.63) is 35.4 Å². The Bertz CT molecular complexity index is 332. The molecule has 1 N–H and O–H groups in total. The Balaban J connectivity index is 2.99. The minimum absolute atomic E-state index is 0.00183. The molecule has 0 atom stereocenters. The number of aromatic hydroxyl groups is 1. The van der Waals surface area contributed by atoms with Crippen LogP contribution in [0, 0.1) is 0 Å². The molecule has 0 amide bonds. The second-order valence-corrected chi connectivity index (χ2v) is 2.80. The molecule has 0 aromatic heterocycles. The van der Waals surface area contributed by atoms with Crippen LogP contribution in [0.25, 0.3) is 6.08 Å². The number of halogens is 1. The molecule has 68 valence electrons. The van der Waals surface area contributed by atoms with E-state index in [9.17, 15) is 9.90 Å². The van der Waals surface area contributed by atoms with Gasteiger partial charge >= 0.3 is 0 Å². The van der Waals surface area contributed by atoms with Gasteiger partial charge in [-0.1, -0.05) is 18.2 Å². The van der Waals surface area contributed by atoms with E-state index in [-0.39, 0.29) is 11.3 Å². The third-order valence-corrected chi connectivity index (χ3v) is 1.76. The van der Waals surface area contributed by atoms with Crippen LogP contribution in [0.15, 0.2) is 24.3 Å². The summed E-state index contributed by atoms with van der Waals surface area (Å²) in [7, 11) is 0. The Hall–Kier alpha value is -1.28. The van der Waals surface area contributed by atoms with Crippen LogP contribution in [0.1, 0.15) is 15.9 Å². The number of hydrogen-bond donors (Lipinski definition) is 1. The molecule has 0 bridgehead atoms. The van der Waals surface area contributed by atoms with Crippen molar-refractivity contribution >= 4 is 24.0 Å². The van der Waals surface area contributed by atoms with E-state index in [1.807, 2.05) is 0 Å². The Labute approximate surface area is 81.5 Å². The Morgan fingerprint density at radius 2 is 2.23 bits per heavy atom. The van der Waals surface area contributed by atoms with Crippen LogP contribution in [0.2, 0.25) is 0 Å². The molecular weight excluding hydrogens is 188 g/mol. The lowest BCUT2D eigenvalue weighted by atomic mass is 10.1. The van der Waals surface area contributed by atoms with Gasteiger partial charge in [0, 0.05) is 5.88 Å². The molecule has 0 unspecified atom stereocenters. The topological polar surface area (TPSA) is 37.3 Å². The van der Waals surface area contributed by atoms with E-state index in [2.05, 4.69) is 0 Å². The maximum Gasteiger partial charge on any atom is 0.153 e. The highest BCUT2D eigenvalue weighted by molar-refractivity contribution is 6.19. The van der Waals surface area contributed by atoms with Crippen molar-refractivity contribution in [2.24, 2.45) is 0 Å². The third-order valence-electron chi connectivity index (χ3n) is 1.58. The number of carbonyl (C=O) groups is 1. The molecule has 0 saturated heterocycles. The highest BCUT2D eigenvalue weighted by Gasteiger charge is 1.98. The second kappa shape index (κ2) is 4.67. The van der Waals surface area contributed by atoms with Crippen LogP contribution >= 0.6 is 11.6 Å². The number of phenols is 1. The number of allylic oxidation sites excluding steroid dienone is 1. The van der Waals surface area contributed by atoms with E-state index in [4.69, 9.17) is 11.6 Å². The van der Waals surface area contributed by atoms with Gasteiger partial charge in [-0.3, -0.25) is 4.79 Å². The first-order valence-electron chi connectivity index (χ1n) is 3.78. The average molecular weight is 197 g/mol. The third kappa shape index (κ3) is 2.60. The summed E-state index contributed by atoms with van der Waals surface area (Å²) in [6.07, 6.45) is 4.18. The van der Waals surface area contributed by atoms with Gasteiger partial charge in [0.2, 0.25) is 0 Å². The van der Waals surface area contributed by atoms with E-state index in [0.29, 0.717) is 12.2 Å². The summed E-state index contributed by atoms with van der Waals surface area (Å²) in [5.74, 6) is 0.426. The van der Waals surface area contributed by atoms with Gasteiger partial charge in [0.15, 0.2) is 6.29 Å². The summed E-state index contributed by atoms with van der Waals surface area (Å²) in [4.78, 5) is 10.4. The highest BCUT2D eigenvalue weighted by Crippen LogP contribution is 2.17. The van der Waals surface area contributed by atoms with Crippen LogP contribution in [0.4, 0.5) is 0 Å². The molecule has 0 heterocycles. The minimum atomic E-state index is -0.00183. The Morgan fingerprint density at radius 1 is 1.46 bits per heavy atom. The molecule has 2 nitrogen and oxygen atoms in total. The number of carbonyl (C=O) groups excluding carboxylic acids is 1. The van der Waals surface area contributed by atoms with Gasteiger partial charge in [-0.05, 0) is 17.7 Å². The van der Waals surface area contributed by atoms with E-state index < -0.39 is 0 Å². The smallest absolute Gasteiger partial charge is 0.153 e. The van der Waals surface area contributed by atoms with Crippen molar-refractivity contribution in [1.82, 2.24) is 0 Å². The number of aldehydes is 1. The predicted octanol–water partition coefficient (Wildman–Crippen LogP) is 2.46. The zero-order valence-corrected chi connectivity index (χ0v) is 7.66. The molecular formula is C10H9ClO2. The quantitative estimate of drug-likeness (QED) is 0.596. The molecule has 0 radical (unpaired) electrons. The molecule has 0 spiro atoms. The number of hydrogen-bond acceptors (Lipinski definition) is 2. The summed E-state index contributed by atoms with van der Waals surface area (Å²) in [6.45, 7) is 0. The van der Waals surface area contributed by atoms with Gasteiger partial charge in [-0.25, -0.2) is 0 Å². The molecule has 0 saturated carbocycles. The van der Waals surface area contributed by atoms with Gasteiger partial charge in [0.1, 0.15) is 5.75 Å². The fourth-order valence-corrected chi connectivity index (χ4v) is 1.04. The van der Waals surface area contributed by atoms with Crippen LogP contribution in [-0.2, 0) is 0 Å². The van der Waals surface area contributed by atoms with Crippen molar-refractivity contribution in [3.63, 3.8) is 0 Å². The molecule has 1 aromatic carbocycles. The van der Waals surface area contributed by atoms with Gasteiger partial charge < -0.3 is 5.11 Å². The molecule has 0 fully saturated rings. The maximum atomic E-state index is 10.4. The van der Waals surface area contributed by atoms with E-state index in [0.717, 1.165) is 5.56 Å². The lowest BCUT2D eigenvalue weighted by molar-refractivity contribution is 0.112. The number of benzene rings is 1. The van der Waals surface area contributed by atoms with Crippen LogP contribution in [0.3, 0.4) is 0 Å². The van der Waals surface area contributed by atoms with Crippen LogP contribution in [0.5, 0.6) is 5.75 Å². The summed E-state index contributed by atoms with van der Waals surface area (Å²) in [5.41, 5.74) is 1.14. The number of alkyl halides is 1. The first-order chi connectivity index (χ1) is 6.27. The van der Waals surface area contributed by atoms with Gasteiger partial charge in [-0.15, -0.1) is 11.6 Å². The maximum absolute atomic E-state index is 10.4. The lowest BCUT2D eigenvalue weighted by Crippen LogP contribution is -1.82. The normalized spacial score (nSPS) is 10.5. The molecule has 0 aliphatic heterocycles. The zero-order chi connectivity index (χ0) is 9.68. The molecule has 1 rings (SSSR count). The van der Waals surface area contributed by atoms with E-state index in [1.54, 1.807) is 24.3 Å². The monoisotopic (exact) mass is 196 g/mol. The molecule has 0 aliphatic rings. The predicted molar refractivity (Wildman–Crippen MR) is 53.2 cm³/mol. The fraction of sp³-hybridized carbons (Fsp3) is 0.100. The summed E-state index contributed by atoms with van der Waals surface area (Å²) < 4.78 is 0. The summed E-state index contributed by atoms with van der Waals surface area (Å²) >= 11 is 5.45. The fourth-order valence-electron chi connectivity index (χ4n) is 0.952. The molecule has 13 heavy (non-hydrogen) atoms. The summed E-state index contributed by atoms with van der Waals surface area (Å²) in [6, 6.07) is 4.80. The Morgan fingerprint density at radius 3 is 2.85 bits per heavy atom. The van der Waals surface area contributed by atoms with Crippen molar-refractivity contribution < 1.29 is 9.90 Å². The van der Waals surface area contributed by atoms with Crippen molar-refractivity contribution in [2.75, 3.05) is 5.88 Å². The number of phenolic OH excluding ortho intramolecular Hbond substituents is 1. The first-order valence-corrected chi connectivity index (χ1v) is 4.32. The zero-order valence-electron chi connectivity index (χ0n) is 6.90. The average Bonchev–Trinajstić information content (AvgIpc) is 2.16. The largest absolute Gasteiger partial charge is 0.507 e. The standard InChI is InChI=1S/C10H9ClO2/c11-5-1-2-8-3-4-10(13)9(6-8)7-12/h1-4,6-7,13H,5H2. The van der Waals surface area contributed by atoms with Crippen LogP contribution < -0.4 is 0 Å². The minimum Gasteiger partial charge on any atom is -0.507 e. The van der Waals surface area contributed by atoms with Gasteiger partial charge in [0.25, 0.3) is 0 Å². The van der Waals surface area contributed by atoms with Gasteiger partial charge in [0.05, 0.1) is 5.56 Å². The van der Waals surface area contributed by atoms with Crippen molar-refractivity contribution in [1.29, 1.82) is 0 Å². The van der Waals surface area contributed by atoms with Crippen molar-refractivity contribution in [3.8, 4) is 5.75 Å². The summed E-state index contributed by atoms with van der Waals surface area (Å²) in [5, 5.41) is 9.18. The molecule has 1 aromatic rings.